The molecule has 4 heteroatoms. The summed E-state index contributed by atoms with van der Waals surface area (Å²) in [5.74, 6) is 0. The van der Waals surface area contributed by atoms with Gasteiger partial charge < -0.3 is 0 Å². The predicted octanol–water partition coefficient (Wildman–Crippen LogP) is 3.23. The highest BCUT2D eigenvalue weighted by molar-refractivity contribution is 8.24. The van der Waals surface area contributed by atoms with E-state index in [0.717, 1.165) is 8.47 Å². The number of rotatable bonds is 0. The van der Waals surface area contributed by atoms with Gasteiger partial charge >= 0.3 is 0 Å². The topological polar surface area (TPSA) is 0 Å². The van der Waals surface area contributed by atoms with Crippen molar-refractivity contribution in [1.29, 1.82) is 0 Å². The van der Waals surface area contributed by atoms with Gasteiger partial charge in [-0.1, -0.05) is 13.8 Å². The van der Waals surface area contributed by atoms with Crippen LogP contribution in [0.2, 0.25) is 0 Å². The highest BCUT2D eigenvalue weighted by Crippen LogP contribution is 2.45. The molecule has 0 aromatic carbocycles. The van der Waals surface area contributed by atoms with Crippen LogP contribution in [0.15, 0.2) is 8.47 Å². The molecule has 0 aliphatic carbocycles. The molecule has 0 aromatic rings. The van der Waals surface area contributed by atoms with E-state index in [1.54, 1.807) is 23.5 Å². The minimum Gasteiger partial charge on any atom is -0.135 e. The van der Waals surface area contributed by atoms with Crippen molar-refractivity contribution in [1.82, 2.24) is 0 Å². The van der Waals surface area contributed by atoms with Gasteiger partial charge in [0.2, 0.25) is 0 Å². The Balaban J connectivity index is 2.69. The lowest BCUT2D eigenvalue weighted by atomic mass is 10.4. The fraction of sp³-hybridized carbons (Fsp3) is 0.667. The molecule has 0 amide bonds. The first-order valence-electron chi connectivity index (χ1n) is 3.06. The zero-order chi connectivity index (χ0) is 7.72. The smallest absolute Gasteiger partial charge is 0.0572 e. The van der Waals surface area contributed by atoms with Crippen molar-refractivity contribution in [2.24, 2.45) is 0 Å². The summed E-state index contributed by atoms with van der Waals surface area (Å²) in [5, 5.41) is 1.32. The SMILES string of the molecule is C[C@@H]1SC(S)=C(S)S[C@H]1C. The molecule has 0 N–H and O–H groups in total. The van der Waals surface area contributed by atoms with E-state index >= 15 is 0 Å². The lowest BCUT2D eigenvalue weighted by molar-refractivity contribution is 0.931. The molecular formula is C6H10S4. The highest BCUT2D eigenvalue weighted by Gasteiger charge is 2.21. The largest absolute Gasteiger partial charge is 0.135 e. The lowest BCUT2D eigenvalue weighted by Gasteiger charge is -2.24. The van der Waals surface area contributed by atoms with Gasteiger partial charge in [0.1, 0.15) is 0 Å². The van der Waals surface area contributed by atoms with Crippen LogP contribution in [0.25, 0.3) is 0 Å². The van der Waals surface area contributed by atoms with Gasteiger partial charge in [0.15, 0.2) is 0 Å². The van der Waals surface area contributed by atoms with Gasteiger partial charge in [-0.15, -0.1) is 48.8 Å². The molecule has 2 atom stereocenters. The van der Waals surface area contributed by atoms with Gasteiger partial charge in [-0.3, -0.25) is 0 Å². The molecule has 58 valence electrons. The molecule has 0 bridgehead atoms. The van der Waals surface area contributed by atoms with E-state index in [0.29, 0.717) is 10.5 Å². The summed E-state index contributed by atoms with van der Waals surface area (Å²) >= 11 is 12.2. The van der Waals surface area contributed by atoms with E-state index < -0.39 is 0 Å². The zero-order valence-electron chi connectivity index (χ0n) is 5.87. The van der Waals surface area contributed by atoms with Gasteiger partial charge in [-0.2, -0.15) is 0 Å². The molecule has 0 fully saturated rings. The number of thiol groups is 2. The molecule has 1 rings (SSSR count). The average Bonchev–Trinajstić information content (AvgIpc) is 1.84. The van der Waals surface area contributed by atoms with E-state index in [1.807, 2.05) is 0 Å². The first-order valence-corrected chi connectivity index (χ1v) is 5.72. The molecule has 0 spiro atoms. The van der Waals surface area contributed by atoms with Crippen molar-refractivity contribution in [3.05, 3.63) is 8.47 Å². The van der Waals surface area contributed by atoms with E-state index in [9.17, 15) is 0 Å². The summed E-state index contributed by atoms with van der Waals surface area (Å²) in [7, 11) is 0. The lowest BCUT2D eigenvalue weighted by Crippen LogP contribution is -2.14. The Hall–Kier alpha value is 1.14. The van der Waals surface area contributed by atoms with Crippen molar-refractivity contribution in [2.75, 3.05) is 0 Å². The fourth-order valence-corrected chi connectivity index (χ4v) is 3.87. The summed E-state index contributed by atoms with van der Waals surface area (Å²) < 4.78 is 2.14. The van der Waals surface area contributed by atoms with E-state index in [1.165, 1.54) is 0 Å². The second-order valence-electron chi connectivity index (χ2n) is 2.26. The van der Waals surface area contributed by atoms with Crippen LogP contribution in [-0.4, -0.2) is 10.5 Å². The number of hydrogen-bond donors (Lipinski definition) is 2. The van der Waals surface area contributed by atoms with Crippen molar-refractivity contribution in [3.63, 3.8) is 0 Å². The molecule has 1 aliphatic heterocycles. The van der Waals surface area contributed by atoms with Crippen LogP contribution >= 0.6 is 48.8 Å². The van der Waals surface area contributed by atoms with Crippen molar-refractivity contribution in [2.45, 2.75) is 24.3 Å². The summed E-state index contributed by atoms with van der Waals surface area (Å²) in [5.41, 5.74) is 0. The minimum absolute atomic E-state index is 0.661. The third-order valence-electron chi connectivity index (χ3n) is 1.44. The summed E-state index contributed by atoms with van der Waals surface area (Å²) in [4.78, 5) is 0. The van der Waals surface area contributed by atoms with Gasteiger partial charge in [-0.05, 0) is 0 Å². The van der Waals surface area contributed by atoms with E-state index in [2.05, 4.69) is 39.1 Å². The van der Waals surface area contributed by atoms with Crippen molar-refractivity contribution >= 4 is 48.8 Å². The maximum absolute atomic E-state index is 4.30. The van der Waals surface area contributed by atoms with Gasteiger partial charge in [0.05, 0.1) is 8.47 Å². The van der Waals surface area contributed by atoms with Gasteiger partial charge in [0, 0.05) is 10.5 Å². The third kappa shape index (κ3) is 2.06. The van der Waals surface area contributed by atoms with Crippen LogP contribution < -0.4 is 0 Å². The fourth-order valence-electron chi connectivity index (χ4n) is 0.645. The maximum atomic E-state index is 4.30. The van der Waals surface area contributed by atoms with Crippen LogP contribution in [0, 0.1) is 0 Å². The molecule has 1 heterocycles. The zero-order valence-corrected chi connectivity index (χ0v) is 9.29. The molecule has 0 radical (unpaired) electrons. The monoisotopic (exact) mass is 210 g/mol. The molecule has 0 saturated carbocycles. The predicted molar refractivity (Wildman–Crippen MR) is 59.1 cm³/mol. The van der Waals surface area contributed by atoms with Gasteiger partial charge in [-0.25, -0.2) is 0 Å². The van der Waals surface area contributed by atoms with Crippen LogP contribution in [0.1, 0.15) is 13.8 Å². The highest BCUT2D eigenvalue weighted by atomic mass is 32.2. The third-order valence-corrected chi connectivity index (χ3v) is 5.71. The average molecular weight is 210 g/mol. The Morgan fingerprint density at radius 3 is 1.60 bits per heavy atom. The molecule has 0 unspecified atom stereocenters. The summed E-state index contributed by atoms with van der Waals surface area (Å²) in [6.45, 7) is 4.44. The Bertz CT molecular complexity index is 145. The Labute approximate surface area is 81.4 Å². The normalized spacial score (nSPS) is 34.8. The Morgan fingerprint density at radius 1 is 1.00 bits per heavy atom. The second-order valence-corrected chi connectivity index (χ2v) is 6.53. The summed E-state index contributed by atoms with van der Waals surface area (Å²) in [6, 6.07) is 0. The van der Waals surface area contributed by atoms with Gasteiger partial charge in [0.25, 0.3) is 0 Å². The Kier molecular flexibility index (Phi) is 3.41. The molecule has 0 nitrogen and oxygen atoms in total. The second kappa shape index (κ2) is 3.70. The molecule has 10 heavy (non-hydrogen) atoms. The van der Waals surface area contributed by atoms with E-state index in [4.69, 9.17) is 0 Å². The molecule has 1 aliphatic rings. The molecule has 0 saturated heterocycles. The van der Waals surface area contributed by atoms with Crippen molar-refractivity contribution in [3.8, 4) is 0 Å². The van der Waals surface area contributed by atoms with Crippen LogP contribution in [0.3, 0.4) is 0 Å². The summed E-state index contributed by atoms with van der Waals surface area (Å²) in [6.07, 6.45) is 0. The van der Waals surface area contributed by atoms with Crippen molar-refractivity contribution < 1.29 is 0 Å². The van der Waals surface area contributed by atoms with E-state index in [-0.39, 0.29) is 0 Å². The molecular weight excluding hydrogens is 200 g/mol. The quantitative estimate of drug-likeness (QED) is 0.589. The maximum Gasteiger partial charge on any atom is 0.0572 e. The number of thioether (sulfide) groups is 2. The Morgan fingerprint density at radius 2 is 1.30 bits per heavy atom. The molecule has 0 aromatic heterocycles. The first kappa shape index (κ1) is 9.23. The number of hydrogen-bond acceptors (Lipinski definition) is 4. The van der Waals surface area contributed by atoms with Crippen LogP contribution in [0.4, 0.5) is 0 Å². The standard InChI is InChI=1S/C6H10S4/c1-3-4(2)10-6(8)5(7)9-3/h3-4,7-8H,1-2H3/t3-,4-/m0/s1. The first-order chi connectivity index (χ1) is 4.61. The van der Waals surface area contributed by atoms with Crippen LogP contribution in [0.5, 0.6) is 0 Å². The minimum atomic E-state index is 0.661. The van der Waals surface area contributed by atoms with Crippen LogP contribution in [-0.2, 0) is 0 Å².